The number of nitrogens with one attached hydrogen (secondary N) is 2. The Morgan fingerprint density at radius 1 is 1.32 bits per heavy atom. The maximum absolute atomic E-state index is 12.8. The first-order valence-electron chi connectivity index (χ1n) is 9.31. The molecular formula is C20H29N3O2. The summed E-state index contributed by atoms with van der Waals surface area (Å²) < 4.78 is 0. The van der Waals surface area contributed by atoms with E-state index in [0.717, 1.165) is 13.0 Å². The van der Waals surface area contributed by atoms with Gasteiger partial charge in [-0.2, -0.15) is 0 Å². The normalized spacial score (nSPS) is 27.2. The summed E-state index contributed by atoms with van der Waals surface area (Å²) in [5.74, 6) is 0.246. The van der Waals surface area contributed by atoms with Crippen molar-refractivity contribution in [1.82, 2.24) is 15.5 Å². The quantitative estimate of drug-likeness (QED) is 0.858. The predicted molar refractivity (Wildman–Crippen MR) is 98.0 cm³/mol. The molecule has 2 heterocycles. The van der Waals surface area contributed by atoms with E-state index in [4.69, 9.17) is 0 Å². The van der Waals surface area contributed by atoms with Crippen molar-refractivity contribution in [1.29, 1.82) is 0 Å². The Morgan fingerprint density at radius 2 is 2.08 bits per heavy atom. The Labute approximate surface area is 150 Å². The van der Waals surface area contributed by atoms with Crippen LogP contribution in [0.1, 0.15) is 43.4 Å². The molecule has 0 spiro atoms. The van der Waals surface area contributed by atoms with E-state index in [1.54, 1.807) is 4.90 Å². The summed E-state index contributed by atoms with van der Waals surface area (Å²) >= 11 is 0. The zero-order valence-corrected chi connectivity index (χ0v) is 15.6. The van der Waals surface area contributed by atoms with Crippen LogP contribution in [-0.4, -0.2) is 41.4 Å². The third kappa shape index (κ3) is 3.56. The predicted octanol–water partition coefficient (Wildman–Crippen LogP) is 1.91. The van der Waals surface area contributed by atoms with Crippen molar-refractivity contribution in [3.8, 4) is 0 Å². The molecule has 2 amide bonds. The van der Waals surface area contributed by atoms with Crippen LogP contribution in [0.3, 0.4) is 0 Å². The minimum Gasteiger partial charge on any atom is -0.342 e. The lowest BCUT2D eigenvalue weighted by Crippen LogP contribution is -2.62. The molecule has 136 valence electrons. The van der Waals surface area contributed by atoms with Crippen LogP contribution >= 0.6 is 0 Å². The lowest BCUT2D eigenvalue weighted by molar-refractivity contribution is -0.148. The summed E-state index contributed by atoms with van der Waals surface area (Å²) in [5, 5.41) is 6.49. The van der Waals surface area contributed by atoms with Crippen LogP contribution in [0.5, 0.6) is 0 Å². The van der Waals surface area contributed by atoms with Gasteiger partial charge in [-0.15, -0.1) is 0 Å². The highest BCUT2D eigenvalue weighted by atomic mass is 16.2. The smallest absolute Gasteiger partial charge is 0.246 e. The van der Waals surface area contributed by atoms with Crippen LogP contribution in [0.15, 0.2) is 18.2 Å². The summed E-state index contributed by atoms with van der Waals surface area (Å²) in [6.45, 7) is 9.67. The molecule has 1 aromatic rings. The van der Waals surface area contributed by atoms with E-state index in [9.17, 15) is 9.59 Å². The van der Waals surface area contributed by atoms with Crippen molar-refractivity contribution < 1.29 is 9.59 Å². The van der Waals surface area contributed by atoms with Crippen LogP contribution in [0.25, 0.3) is 0 Å². The average molecular weight is 343 g/mol. The number of hydrogen-bond donors (Lipinski definition) is 2. The van der Waals surface area contributed by atoms with Crippen molar-refractivity contribution in [2.45, 2.75) is 65.2 Å². The molecule has 5 heteroatoms. The van der Waals surface area contributed by atoms with Crippen LogP contribution < -0.4 is 10.6 Å². The molecule has 0 radical (unpaired) electrons. The van der Waals surface area contributed by atoms with E-state index in [0.29, 0.717) is 13.0 Å². The van der Waals surface area contributed by atoms with Gasteiger partial charge in [-0.25, -0.2) is 0 Å². The average Bonchev–Trinajstić information content (AvgIpc) is 3.03. The molecule has 25 heavy (non-hydrogen) atoms. The number of hydrogen-bond acceptors (Lipinski definition) is 3. The number of aryl methyl sites for hydroxylation is 2. The SMILES string of the molecule is CC[C@H](C)[C@@H]1NC(=O)[C@@H]2C[C@H](NCc3cc(C)ccc3C)CN2C1=O. The molecule has 2 fully saturated rings. The second-order valence-corrected chi connectivity index (χ2v) is 7.62. The van der Waals surface area contributed by atoms with Gasteiger partial charge in [0.2, 0.25) is 11.8 Å². The number of rotatable bonds is 5. The fourth-order valence-corrected chi connectivity index (χ4v) is 3.83. The van der Waals surface area contributed by atoms with Crippen molar-refractivity contribution >= 4 is 11.8 Å². The number of nitrogens with zero attached hydrogens (tertiary/aromatic N) is 1. The second kappa shape index (κ2) is 7.16. The second-order valence-electron chi connectivity index (χ2n) is 7.62. The number of benzene rings is 1. The summed E-state index contributed by atoms with van der Waals surface area (Å²) in [6, 6.07) is 5.93. The molecule has 5 nitrogen and oxygen atoms in total. The number of carbonyl (C=O) groups is 2. The van der Waals surface area contributed by atoms with Crippen molar-refractivity contribution in [2.24, 2.45) is 5.92 Å². The fourth-order valence-electron chi connectivity index (χ4n) is 3.83. The van der Waals surface area contributed by atoms with E-state index < -0.39 is 0 Å². The van der Waals surface area contributed by atoms with Gasteiger partial charge in [0.25, 0.3) is 0 Å². The van der Waals surface area contributed by atoms with Crippen molar-refractivity contribution in [3.63, 3.8) is 0 Å². The number of carbonyl (C=O) groups excluding carboxylic acids is 2. The zero-order chi connectivity index (χ0) is 18.1. The van der Waals surface area contributed by atoms with Gasteiger partial charge in [0.1, 0.15) is 12.1 Å². The van der Waals surface area contributed by atoms with Gasteiger partial charge in [-0.3, -0.25) is 9.59 Å². The van der Waals surface area contributed by atoms with E-state index in [1.807, 2.05) is 6.92 Å². The van der Waals surface area contributed by atoms with E-state index in [1.165, 1.54) is 16.7 Å². The maximum Gasteiger partial charge on any atom is 0.246 e. The van der Waals surface area contributed by atoms with E-state index in [-0.39, 0.29) is 35.9 Å². The molecule has 0 saturated carbocycles. The molecule has 2 aliphatic heterocycles. The molecule has 2 aliphatic rings. The summed E-state index contributed by atoms with van der Waals surface area (Å²) in [6.07, 6.45) is 1.57. The first kappa shape index (κ1) is 17.9. The molecule has 2 saturated heterocycles. The van der Waals surface area contributed by atoms with Gasteiger partial charge in [-0.1, -0.05) is 44.0 Å². The number of piperazine rings is 1. The molecular weight excluding hydrogens is 314 g/mol. The lowest BCUT2D eigenvalue weighted by atomic mass is 9.95. The first-order valence-corrected chi connectivity index (χ1v) is 9.31. The largest absolute Gasteiger partial charge is 0.342 e. The number of amides is 2. The Kier molecular flexibility index (Phi) is 5.13. The zero-order valence-electron chi connectivity index (χ0n) is 15.6. The van der Waals surface area contributed by atoms with Gasteiger partial charge in [0, 0.05) is 19.1 Å². The Bertz CT molecular complexity index is 673. The minimum absolute atomic E-state index is 0.000867. The van der Waals surface area contributed by atoms with E-state index >= 15 is 0 Å². The Morgan fingerprint density at radius 3 is 2.80 bits per heavy atom. The lowest BCUT2D eigenvalue weighted by Gasteiger charge is -2.36. The van der Waals surface area contributed by atoms with Crippen LogP contribution in [0.4, 0.5) is 0 Å². The highest BCUT2D eigenvalue weighted by Crippen LogP contribution is 2.26. The number of fused-ring (bicyclic) bond motifs is 1. The monoisotopic (exact) mass is 343 g/mol. The van der Waals surface area contributed by atoms with Crippen molar-refractivity contribution in [2.75, 3.05) is 6.54 Å². The highest BCUT2D eigenvalue weighted by molar-refractivity contribution is 5.97. The third-order valence-electron chi connectivity index (χ3n) is 5.75. The van der Waals surface area contributed by atoms with Crippen LogP contribution in [-0.2, 0) is 16.1 Å². The topological polar surface area (TPSA) is 61.4 Å². The maximum atomic E-state index is 12.8. The molecule has 0 aromatic heterocycles. The molecule has 0 aliphatic carbocycles. The first-order chi connectivity index (χ1) is 11.9. The van der Waals surface area contributed by atoms with Gasteiger partial charge < -0.3 is 15.5 Å². The minimum atomic E-state index is -0.369. The van der Waals surface area contributed by atoms with Gasteiger partial charge in [0.15, 0.2) is 0 Å². The highest BCUT2D eigenvalue weighted by Gasteiger charge is 2.47. The van der Waals surface area contributed by atoms with Crippen molar-refractivity contribution in [3.05, 3.63) is 34.9 Å². The van der Waals surface area contributed by atoms with Gasteiger partial charge in [-0.05, 0) is 37.3 Å². The molecule has 1 aromatic carbocycles. The molecule has 4 atom stereocenters. The standard InChI is InChI=1S/C20H29N3O2/c1-5-13(3)18-20(25)23-11-16(9-17(23)19(24)22-18)21-10-15-8-12(2)6-7-14(15)4/h6-8,13,16-18,21H,5,9-11H2,1-4H3,(H,22,24)/t13-,16-,17-,18-/m0/s1. The molecule has 0 bridgehead atoms. The van der Waals surface area contributed by atoms with Crippen LogP contribution in [0, 0.1) is 19.8 Å². The summed E-state index contributed by atoms with van der Waals surface area (Å²) in [7, 11) is 0. The summed E-state index contributed by atoms with van der Waals surface area (Å²) in [4.78, 5) is 27.0. The third-order valence-corrected chi connectivity index (χ3v) is 5.75. The molecule has 0 unspecified atom stereocenters. The Balaban J connectivity index is 1.65. The van der Waals surface area contributed by atoms with Crippen LogP contribution in [0.2, 0.25) is 0 Å². The van der Waals surface area contributed by atoms with E-state index in [2.05, 4.69) is 49.6 Å². The van der Waals surface area contributed by atoms with Gasteiger partial charge in [0.05, 0.1) is 0 Å². The fraction of sp³-hybridized carbons (Fsp3) is 0.600. The molecule has 3 rings (SSSR count). The summed E-state index contributed by atoms with van der Waals surface area (Å²) in [5.41, 5.74) is 3.79. The Hall–Kier alpha value is -1.88. The molecule has 2 N–H and O–H groups in total. The van der Waals surface area contributed by atoms with Gasteiger partial charge >= 0.3 is 0 Å².